The second-order valence-corrected chi connectivity index (χ2v) is 8.56. The molecule has 26 heavy (non-hydrogen) atoms. The number of hydrogen-bond donors (Lipinski definition) is 1. The van der Waals surface area contributed by atoms with E-state index in [0.29, 0.717) is 5.76 Å². The van der Waals surface area contributed by atoms with Crippen molar-refractivity contribution in [2.75, 3.05) is 5.75 Å². The summed E-state index contributed by atoms with van der Waals surface area (Å²) in [6.07, 6.45) is 1.47. The van der Waals surface area contributed by atoms with Crippen molar-refractivity contribution in [2.24, 2.45) is 5.10 Å². The van der Waals surface area contributed by atoms with Crippen LogP contribution in [0, 0.1) is 6.92 Å². The van der Waals surface area contributed by atoms with Crippen molar-refractivity contribution in [3.05, 3.63) is 59.5 Å². The molecule has 3 rings (SSSR count). The maximum Gasteiger partial charge on any atom is 0.250 e. The maximum atomic E-state index is 11.8. The van der Waals surface area contributed by atoms with E-state index in [1.54, 1.807) is 17.8 Å². The van der Waals surface area contributed by atoms with Crippen molar-refractivity contribution in [2.45, 2.75) is 21.4 Å². The second kappa shape index (κ2) is 9.56. The summed E-state index contributed by atoms with van der Waals surface area (Å²) in [7, 11) is 0. The van der Waals surface area contributed by atoms with Gasteiger partial charge in [-0.2, -0.15) is 5.10 Å². The number of aromatic nitrogens is 2. The Balaban J connectivity index is 1.40. The third-order valence-corrected chi connectivity index (χ3v) is 6.32. The lowest BCUT2D eigenvalue weighted by atomic mass is 10.2. The fourth-order valence-electron chi connectivity index (χ4n) is 1.88. The summed E-state index contributed by atoms with van der Waals surface area (Å²) >= 11 is 4.47. The first kappa shape index (κ1) is 18.7. The van der Waals surface area contributed by atoms with Gasteiger partial charge in [-0.05, 0) is 24.6 Å². The quantitative estimate of drug-likeness (QED) is 0.348. The number of furan rings is 1. The van der Waals surface area contributed by atoms with Crippen molar-refractivity contribution in [3.8, 4) is 0 Å². The summed E-state index contributed by atoms with van der Waals surface area (Å²) in [6, 6.07) is 13.8. The summed E-state index contributed by atoms with van der Waals surface area (Å²) < 4.78 is 6.98. The van der Waals surface area contributed by atoms with E-state index in [9.17, 15) is 4.79 Å². The molecule has 0 atom stereocenters. The molecule has 0 aliphatic rings. The average molecular weight is 405 g/mol. The van der Waals surface area contributed by atoms with Gasteiger partial charge in [0.15, 0.2) is 8.68 Å². The second-order valence-electron chi connectivity index (χ2n) is 5.14. The average Bonchev–Trinajstić information content (AvgIpc) is 3.28. The normalized spacial score (nSPS) is 11.1. The largest absolute Gasteiger partial charge is 0.460 e. The number of hydrogen-bond acceptors (Lipinski definition) is 8. The first-order chi connectivity index (χ1) is 12.7. The monoisotopic (exact) mass is 404 g/mol. The Kier molecular flexibility index (Phi) is 6.87. The molecule has 0 radical (unpaired) electrons. The van der Waals surface area contributed by atoms with Crippen LogP contribution >= 0.6 is 34.9 Å². The summed E-state index contributed by atoms with van der Waals surface area (Å²) in [5, 5.41) is 12.1. The van der Waals surface area contributed by atoms with Crippen LogP contribution in [0.5, 0.6) is 0 Å². The molecule has 2 aromatic heterocycles. The standard InChI is InChI=1S/C17H16N4O2S3/c1-12-7-8-14(23-12)9-18-19-15(22)11-25-17-21-20-16(26-17)24-10-13-5-3-2-4-6-13/h2-9H,10-11H2,1H3,(H,19,22). The molecule has 0 saturated heterocycles. The molecule has 2 heterocycles. The van der Waals surface area contributed by atoms with E-state index < -0.39 is 0 Å². The smallest absolute Gasteiger partial charge is 0.250 e. The Bertz CT molecular complexity index is 877. The molecule has 0 aliphatic heterocycles. The van der Waals surface area contributed by atoms with Crippen LogP contribution in [-0.2, 0) is 10.5 Å². The summed E-state index contributed by atoms with van der Waals surface area (Å²) in [5.74, 6) is 2.27. The zero-order valence-corrected chi connectivity index (χ0v) is 16.4. The number of amides is 1. The van der Waals surface area contributed by atoms with E-state index in [1.807, 2.05) is 31.2 Å². The van der Waals surface area contributed by atoms with Gasteiger partial charge in [-0.3, -0.25) is 4.79 Å². The number of rotatable bonds is 8. The number of thioether (sulfide) groups is 2. The van der Waals surface area contributed by atoms with Gasteiger partial charge in [0.2, 0.25) is 0 Å². The van der Waals surface area contributed by atoms with E-state index >= 15 is 0 Å². The van der Waals surface area contributed by atoms with Crippen LogP contribution in [0.2, 0.25) is 0 Å². The lowest BCUT2D eigenvalue weighted by molar-refractivity contribution is -0.118. The van der Waals surface area contributed by atoms with Gasteiger partial charge in [0.05, 0.1) is 12.0 Å². The van der Waals surface area contributed by atoms with Crippen molar-refractivity contribution in [1.82, 2.24) is 15.6 Å². The van der Waals surface area contributed by atoms with Crippen molar-refractivity contribution < 1.29 is 9.21 Å². The zero-order chi connectivity index (χ0) is 18.2. The first-order valence-corrected chi connectivity index (χ1v) is 10.5. The number of hydrazone groups is 1. The van der Waals surface area contributed by atoms with Gasteiger partial charge >= 0.3 is 0 Å². The molecule has 1 aromatic carbocycles. The Morgan fingerprint density at radius 1 is 1.19 bits per heavy atom. The predicted molar refractivity (Wildman–Crippen MR) is 106 cm³/mol. The fourth-order valence-corrected chi connectivity index (χ4v) is 4.65. The maximum absolute atomic E-state index is 11.8. The fraction of sp³-hybridized carbons (Fsp3) is 0.176. The topological polar surface area (TPSA) is 80.4 Å². The van der Waals surface area contributed by atoms with E-state index in [1.165, 1.54) is 34.9 Å². The molecule has 0 spiro atoms. The van der Waals surface area contributed by atoms with E-state index in [0.717, 1.165) is 20.2 Å². The molecule has 0 fully saturated rings. The Morgan fingerprint density at radius 3 is 2.69 bits per heavy atom. The highest BCUT2D eigenvalue weighted by Crippen LogP contribution is 2.30. The number of aryl methyl sites for hydroxylation is 1. The first-order valence-electron chi connectivity index (χ1n) is 7.70. The van der Waals surface area contributed by atoms with Gasteiger partial charge in [0, 0.05) is 5.75 Å². The summed E-state index contributed by atoms with van der Waals surface area (Å²) in [6.45, 7) is 1.85. The number of nitrogens with one attached hydrogen (secondary N) is 1. The van der Waals surface area contributed by atoms with Gasteiger partial charge in [-0.1, -0.05) is 65.2 Å². The molecular formula is C17H16N4O2S3. The highest BCUT2D eigenvalue weighted by Gasteiger charge is 2.08. The molecule has 0 bridgehead atoms. The molecule has 0 saturated carbocycles. The van der Waals surface area contributed by atoms with Crippen LogP contribution in [0.15, 0.2) is 60.7 Å². The minimum Gasteiger partial charge on any atom is -0.460 e. The number of carbonyl (C=O) groups excluding carboxylic acids is 1. The van der Waals surface area contributed by atoms with Gasteiger partial charge in [-0.25, -0.2) is 5.43 Å². The minimum atomic E-state index is -0.205. The van der Waals surface area contributed by atoms with Gasteiger partial charge in [-0.15, -0.1) is 10.2 Å². The SMILES string of the molecule is Cc1ccc(C=NNC(=O)CSc2nnc(SCc3ccccc3)s2)o1. The zero-order valence-electron chi connectivity index (χ0n) is 13.9. The third-order valence-electron chi connectivity index (χ3n) is 3.06. The molecule has 0 aliphatic carbocycles. The highest BCUT2D eigenvalue weighted by molar-refractivity contribution is 8.03. The van der Waals surface area contributed by atoms with Crippen molar-refractivity contribution in [1.29, 1.82) is 0 Å². The lowest BCUT2D eigenvalue weighted by Crippen LogP contribution is -2.19. The van der Waals surface area contributed by atoms with Crippen LogP contribution in [0.1, 0.15) is 17.1 Å². The van der Waals surface area contributed by atoms with Crippen LogP contribution in [-0.4, -0.2) is 28.1 Å². The molecule has 1 amide bonds. The molecule has 0 unspecified atom stereocenters. The molecule has 1 N–H and O–H groups in total. The number of carbonyl (C=O) groups is 1. The molecule has 134 valence electrons. The molecular weight excluding hydrogens is 388 g/mol. The molecule has 3 aromatic rings. The Hall–Kier alpha value is -2.10. The third kappa shape index (κ3) is 6.01. The van der Waals surface area contributed by atoms with Gasteiger partial charge in [0.25, 0.3) is 5.91 Å². The van der Waals surface area contributed by atoms with Crippen LogP contribution in [0.4, 0.5) is 0 Å². The van der Waals surface area contributed by atoms with Gasteiger partial charge < -0.3 is 4.42 Å². The Labute approximate surface area is 163 Å². The van der Waals surface area contributed by atoms with Crippen LogP contribution in [0.25, 0.3) is 0 Å². The van der Waals surface area contributed by atoms with Crippen LogP contribution in [0.3, 0.4) is 0 Å². The van der Waals surface area contributed by atoms with Crippen molar-refractivity contribution >= 4 is 47.0 Å². The molecule has 6 nitrogen and oxygen atoms in total. The highest BCUT2D eigenvalue weighted by atomic mass is 32.2. The number of benzene rings is 1. The Morgan fingerprint density at radius 2 is 1.96 bits per heavy atom. The summed E-state index contributed by atoms with van der Waals surface area (Å²) in [4.78, 5) is 11.8. The minimum absolute atomic E-state index is 0.205. The van der Waals surface area contributed by atoms with E-state index in [4.69, 9.17) is 4.42 Å². The predicted octanol–water partition coefficient (Wildman–Crippen LogP) is 3.97. The van der Waals surface area contributed by atoms with Gasteiger partial charge in [0.1, 0.15) is 11.5 Å². The van der Waals surface area contributed by atoms with Crippen LogP contribution < -0.4 is 5.43 Å². The van der Waals surface area contributed by atoms with E-state index in [-0.39, 0.29) is 11.7 Å². The lowest BCUT2D eigenvalue weighted by Gasteiger charge is -1.97. The van der Waals surface area contributed by atoms with E-state index in [2.05, 4.69) is 32.9 Å². The summed E-state index contributed by atoms with van der Waals surface area (Å²) in [5.41, 5.74) is 3.71. The number of nitrogens with zero attached hydrogens (tertiary/aromatic N) is 3. The molecule has 9 heteroatoms. The van der Waals surface area contributed by atoms with Crippen molar-refractivity contribution in [3.63, 3.8) is 0 Å².